The molecule has 2 rings (SSSR count). The van der Waals surface area contributed by atoms with Gasteiger partial charge >= 0.3 is 5.97 Å². The van der Waals surface area contributed by atoms with Crippen LogP contribution < -0.4 is 5.32 Å². The average molecular weight is 308 g/mol. The maximum Gasteiger partial charge on any atom is 0.357 e. The lowest BCUT2D eigenvalue weighted by Crippen LogP contribution is -2.19. The Morgan fingerprint density at radius 2 is 2.24 bits per heavy atom. The molecule has 1 amide bonds. The molecule has 0 aliphatic rings. The lowest BCUT2D eigenvalue weighted by molar-refractivity contribution is 0.0520. The summed E-state index contributed by atoms with van der Waals surface area (Å²) in [6, 6.07) is 1.71. The number of amides is 1. The molecule has 0 atom stereocenters. The van der Waals surface area contributed by atoms with E-state index in [0.717, 1.165) is 0 Å². The van der Waals surface area contributed by atoms with Crippen molar-refractivity contribution in [2.75, 3.05) is 11.9 Å². The number of esters is 1. The molecule has 0 fully saturated rings. The summed E-state index contributed by atoms with van der Waals surface area (Å²) in [7, 11) is 0. The Morgan fingerprint density at radius 1 is 1.48 bits per heavy atom. The van der Waals surface area contributed by atoms with Crippen LogP contribution in [0.25, 0.3) is 0 Å². The quantitative estimate of drug-likeness (QED) is 0.857. The van der Waals surface area contributed by atoms with Crippen molar-refractivity contribution in [3.05, 3.63) is 29.0 Å². The normalized spacial score (nSPS) is 10.7. The van der Waals surface area contributed by atoms with Crippen LogP contribution in [0.15, 0.2) is 17.6 Å². The third kappa shape index (κ3) is 3.46. The number of rotatable bonds is 5. The molecular weight excluding hydrogens is 292 g/mol. The number of nitrogens with zero attached hydrogens (tertiary/aromatic N) is 3. The number of hydrogen-bond acceptors (Lipinski definition) is 6. The third-order valence-corrected chi connectivity index (χ3v) is 3.36. The minimum Gasteiger partial charge on any atom is -0.461 e. The summed E-state index contributed by atoms with van der Waals surface area (Å²) in [5.74, 6) is -0.813. The van der Waals surface area contributed by atoms with Crippen molar-refractivity contribution in [1.29, 1.82) is 0 Å². The van der Waals surface area contributed by atoms with E-state index >= 15 is 0 Å². The molecule has 0 saturated carbocycles. The summed E-state index contributed by atoms with van der Waals surface area (Å²) in [6.45, 7) is 5.88. The molecule has 1 N–H and O–H groups in total. The number of nitrogens with one attached hydrogen (secondary N) is 1. The van der Waals surface area contributed by atoms with Crippen LogP contribution in [0.1, 0.15) is 47.8 Å². The summed E-state index contributed by atoms with van der Waals surface area (Å²) in [4.78, 5) is 27.7. The summed E-state index contributed by atoms with van der Waals surface area (Å²) < 4.78 is 6.47. The number of carbonyl (C=O) groups is 2. The largest absolute Gasteiger partial charge is 0.461 e. The van der Waals surface area contributed by atoms with Crippen LogP contribution in [0.4, 0.5) is 5.13 Å². The molecule has 0 aromatic carbocycles. The minimum atomic E-state index is -0.499. The Kier molecular flexibility index (Phi) is 4.69. The van der Waals surface area contributed by atoms with Crippen LogP contribution in [-0.4, -0.2) is 33.2 Å². The Hall–Kier alpha value is -2.22. The van der Waals surface area contributed by atoms with Gasteiger partial charge in [-0.1, -0.05) is 0 Å². The molecule has 0 unspecified atom stereocenters. The van der Waals surface area contributed by atoms with E-state index in [1.54, 1.807) is 29.2 Å². The number of thiazole rings is 1. The van der Waals surface area contributed by atoms with Gasteiger partial charge in [-0.15, -0.1) is 11.3 Å². The molecule has 0 aliphatic carbocycles. The Labute approximate surface area is 125 Å². The van der Waals surface area contributed by atoms with Crippen molar-refractivity contribution in [3.63, 3.8) is 0 Å². The van der Waals surface area contributed by atoms with Gasteiger partial charge in [-0.05, 0) is 26.8 Å². The number of carbonyl (C=O) groups excluding carboxylic acids is 2. The van der Waals surface area contributed by atoms with Crippen molar-refractivity contribution < 1.29 is 14.3 Å². The fourth-order valence-electron chi connectivity index (χ4n) is 1.70. The van der Waals surface area contributed by atoms with Gasteiger partial charge in [-0.2, -0.15) is 5.10 Å². The number of anilines is 1. The van der Waals surface area contributed by atoms with Crippen molar-refractivity contribution in [2.24, 2.45) is 0 Å². The highest BCUT2D eigenvalue weighted by Crippen LogP contribution is 2.18. The van der Waals surface area contributed by atoms with E-state index in [9.17, 15) is 9.59 Å². The highest BCUT2D eigenvalue weighted by molar-refractivity contribution is 7.14. The molecule has 2 heterocycles. The summed E-state index contributed by atoms with van der Waals surface area (Å²) >= 11 is 1.17. The Bertz CT molecular complexity index is 647. The van der Waals surface area contributed by atoms with Gasteiger partial charge in [0.1, 0.15) is 5.69 Å². The molecule has 8 heteroatoms. The summed E-state index contributed by atoms with van der Waals surface area (Å²) in [5, 5.41) is 8.65. The fraction of sp³-hybridized carbons (Fsp3) is 0.385. The van der Waals surface area contributed by atoms with Gasteiger partial charge in [0.15, 0.2) is 10.8 Å². The maximum atomic E-state index is 12.2. The van der Waals surface area contributed by atoms with E-state index in [1.807, 2.05) is 13.8 Å². The first kappa shape index (κ1) is 15.2. The number of hydrogen-bond donors (Lipinski definition) is 1. The number of ether oxygens (including phenoxy) is 1. The number of aromatic nitrogens is 3. The standard InChI is InChI=1S/C13H16N4O3S/c1-4-20-12(19)9-7-21-13(15-9)16-11(18)10-5-6-14-17(10)8(2)3/h5-8H,4H2,1-3H3,(H,15,16,18). The van der Waals surface area contributed by atoms with Crippen LogP contribution >= 0.6 is 11.3 Å². The van der Waals surface area contributed by atoms with Gasteiger partial charge in [-0.3, -0.25) is 14.8 Å². The first-order valence-corrected chi connectivity index (χ1v) is 7.38. The SMILES string of the molecule is CCOC(=O)c1csc(NC(=O)c2ccnn2C(C)C)n1. The summed E-state index contributed by atoms with van der Waals surface area (Å²) in [6.07, 6.45) is 1.57. The van der Waals surface area contributed by atoms with Crippen LogP contribution in [0, 0.1) is 0 Å². The second-order valence-corrected chi connectivity index (χ2v) is 5.33. The van der Waals surface area contributed by atoms with Crippen molar-refractivity contribution >= 4 is 28.3 Å². The van der Waals surface area contributed by atoms with Gasteiger partial charge in [0.2, 0.25) is 0 Å². The Morgan fingerprint density at radius 3 is 2.90 bits per heavy atom. The molecule has 2 aromatic heterocycles. The van der Waals surface area contributed by atoms with E-state index < -0.39 is 5.97 Å². The highest BCUT2D eigenvalue weighted by Gasteiger charge is 2.17. The molecule has 112 valence electrons. The van der Waals surface area contributed by atoms with E-state index in [0.29, 0.717) is 10.8 Å². The van der Waals surface area contributed by atoms with Crippen LogP contribution in [0.2, 0.25) is 0 Å². The fourth-order valence-corrected chi connectivity index (χ4v) is 2.37. The molecule has 0 aliphatic heterocycles. The van der Waals surface area contributed by atoms with Crippen LogP contribution in [0.5, 0.6) is 0 Å². The monoisotopic (exact) mass is 308 g/mol. The molecule has 0 radical (unpaired) electrons. The molecule has 0 saturated heterocycles. The lowest BCUT2D eigenvalue weighted by atomic mass is 10.3. The highest BCUT2D eigenvalue weighted by atomic mass is 32.1. The zero-order valence-electron chi connectivity index (χ0n) is 12.0. The molecule has 7 nitrogen and oxygen atoms in total. The predicted octanol–water partition coefficient (Wildman–Crippen LogP) is 2.35. The molecule has 0 bridgehead atoms. The van der Waals surface area contributed by atoms with Gasteiger partial charge < -0.3 is 4.74 Å². The second-order valence-electron chi connectivity index (χ2n) is 4.47. The van der Waals surface area contributed by atoms with Gasteiger partial charge in [0.05, 0.1) is 6.61 Å². The molecule has 2 aromatic rings. The maximum absolute atomic E-state index is 12.2. The smallest absolute Gasteiger partial charge is 0.357 e. The molecule has 21 heavy (non-hydrogen) atoms. The van der Waals surface area contributed by atoms with E-state index in [-0.39, 0.29) is 24.2 Å². The lowest BCUT2D eigenvalue weighted by Gasteiger charge is -2.09. The van der Waals surface area contributed by atoms with Gasteiger partial charge in [0.25, 0.3) is 5.91 Å². The average Bonchev–Trinajstić information content (AvgIpc) is 3.07. The van der Waals surface area contributed by atoms with Crippen molar-refractivity contribution in [2.45, 2.75) is 26.8 Å². The zero-order valence-corrected chi connectivity index (χ0v) is 12.8. The van der Waals surface area contributed by atoms with Gasteiger partial charge in [-0.25, -0.2) is 9.78 Å². The van der Waals surface area contributed by atoms with Gasteiger partial charge in [0, 0.05) is 17.6 Å². The zero-order chi connectivity index (χ0) is 15.4. The predicted molar refractivity (Wildman–Crippen MR) is 78.6 cm³/mol. The third-order valence-electron chi connectivity index (χ3n) is 2.60. The van der Waals surface area contributed by atoms with Crippen LogP contribution in [0.3, 0.4) is 0 Å². The first-order valence-electron chi connectivity index (χ1n) is 6.50. The topological polar surface area (TPSA) is 86.1 Å². The van der Waals surface area contributed by atoms with E-state index in [1.165, 1.54) is 11.3 Å². The van der Waals surface area contributed by atoms with E-state index in [2.05, 4.69) is 15.4 Å². The van der Waals surface area contributed by atoms with Crippen molar-refractivity contribution in [1.82, 2.24) is 14.8 Å². The molecule has 0 spiro atoms. The van der Waals surface area contributed by atoms with Crippen molar-refractivity contribution in [3.8, 4) is 0 Å². The van der Waals surface area contributed by atoms with E-state index in [4.69, 9.17) is 4.74 Å². The molecular formula is C13H16N4O3S. The van der Waals surface area contributed by atoms with Crippen LogP contribution in [-0.2, 0) is 4.74 Å². The first-order chi connectivity index (χ1) is 10.0. The second kappa shape index (κ2) is 6.49. The summed E-state index contributed by atoms with van der Waals surface area (Å²) in [5.41, 5.74) is 0.632. The Balaban J connectivity index is 2.10. The minimum absolute atomic E-state index is 0.0761.